The number of aryl methyl sites for hydroxylation is 1. The van der Waals surface area contributed by atoms with E-state index in [2.05, 4.69) is 10.6 Å². The van der Waals surface area contributed by atoms with Gasteiger partial charge in [-0.2, -0.15) is 0 Å². The molecule has 1 atom stereocenters. The fourth-order valence-corrected chi connectivity index (χ4v) is 3.46. The van der Waals surface area contributed by atoms with Crippen molar-refractivity contribution in [3.05, 3.63) is 64.7 Å². The molecule has 4 amide bonds. The van der Waals surface area contributed by atoms with Crippen molar-refractivity contribution in [1.29, 1.82) is 0 Å². The predicted molar refractivity (Wildman–Crippen MR) is 103 cm³/mol. The Morgan fingerprint density at radius 3 is 2.52 bits per heavy atom. The van der Waals surface area contributed by atoms with Crippen LogP contribution >= 0.6 is 11.6 Å². The lowest BCUT2D eigenvalue weighted by atomic mass is 9.87. The summed E-state index contributed by atoms with van der Waals surface area (Å²) < 4.78 is 0. The highest BCUT2D eigenvalue weighted by Gasteiger charge is 2.51. The average molecular weight is 386 g/mol. The lowest BCUT2D eigenvalue weighted by Gasteiger charge is -2.25. The summed E-state index contributed by atoms with van der Waals surface area (Å²) >= 11 is 5.92. The van der Waals surface area contributed by atoms with Gasteiger partial charge in [0.25, 0.3) is 5.91 Å². The maximum atomic E-state index is 13.0. The van der Waals surface area contributed by atoms with Crippen LogP contribution in [-0.4, -0.2) is 29.3 Å². The molecule has 140 valence electrons. The number of hydrogen-bond acceptors (Lipinski definition) is 3. The summed E-state index contributed by atoms with van der Waals surface area (Å²) in [5.74, 6) is -0.881. The first-order valence-corrected chi connectivity index (χ1v) is 9.01. The van der Waals surface area contributed by atoms with Crippen LogP contribution in [0.2, 0.25) is 5.02 Å². The third-order valence-electron chi connectivity index (χ3n) is 4.74. The SMILES string of the molecule is CCC1(c2ccccc2)NC(=O)N(CC(=O)Nc2ccc(Cl)cc2C)C1=O. The van der Waals surface area contributed by atoms with Crippen LogP contribution in [0.15, 0.2) is 48.5 Å². The normalized spacial score (nSPS) is 19.1. The van der Waals surface area contributed by atoms with Crippen molar-refractivity contribution in [3.63, 3.8) is 0 Å². The number of benzene rings is 2. The van der Waals surface area contributed by atoms with E-state index in [-0.39, 0.29) is 6.54 Å². The number of nitrogens with one attached hydrogen (secondary N) is 2. The minimum absolute atomic E-state index is 0.360. The lowest BCUT2D eigenvalue weighted by Crippen LogP contribution is -2.44. The van der Waals surface area contributed by atoms with Crippen molar-refractivity contribution in [1.82, 2.24) is 10.2 Å². The molecular weight excluding hydrogens is 366 g/mol. The van der Waals surface area contributed by atoms with Crippen LogP contribution in [0.3, 0.4) is 0 Å². The Hall–Kier alpha value is -2.86. The lowest BCUT2D eigenvalue weighted by molar-refractivity contribution is -0.134. The Labute approximate surface area is 162 Å². The van der Waals surface area contributed by atoms with Crippen LogP contribution in [-0.2, 0) is 15.1 Å². The molecule has 0 aromatic heterocycles. The van der Waals surface area contributed by atoms with Gasteiger partial charge < -0.3 is 10.6 Å². The molecule has 1 heterocycles. The van der Waals surface area contributed by atoms with Crippen molar-refractivity contribution >= 4 is 35.1 Å². The molecule has 7 heteroatoms. The van der Waals surface area contributed by atoms with Crippen LogP contribution in [0.5, 0.6) is 0 Å². The fourth-order valence-electron chi connectivity index (χ4n) is 3.23. The minimum atomic E-state index is -1.14. The van der Waals surface area contributed by atoms with E-state index in [1.165, 1.54) is 0 Å². The van der Waals surface area contributed by atoms with Gasteiger partial charge in [0.15, 0.2) is 0 Å². The van der Waals surface area contributed by atoms with E-state index in [1.54, 1.807) is 30.3 Å². The molecule has 0 saturated carbocycles. The van der Waals surface area contributed by atoms with E-state index in [0.717, 1.165) is 10.5 Å². The number of rotatable bonds is 5. The summed E-state index contributed by atoms with van der Waals surface area (Å²) in [7, 11) is 0. The Balaban J connectivity index is 1.78. The number of anilines is 1. The van der Waals surface area contributed by atoms with E-state index in [0.29, 0.717) is 22.7 Å². The molecule has 2 aromatic carbocycles. The third-order valence-corrected chi connectivity index (χ3v) is 4.97. The van der Waals surface area contributed by atoms with Crippen LogP contribution < -0.4 is 10.6 Å². The second kappa shape index (κ2) is 7.40. The molecule has 1 aliphatic heterocycles. The van der Waals surface area contributed by atoms with Gasteiger partial charge in [-0.3, -0.25) is 14.5 Å². The zero-order valence-electron chi connectivity index (χ0n) is 15.1. The Morgan fingerprint density at radius 2 is 1.89 bits per heavy atom. The molecule has 2 aromatic rings. The van der Waals surface area contributed by atoms with Gasteiger partial charge in [0.05, 0.1) is 0 Å². The molecule has 0 bridgehead atoms. The van der Waals surface area contributed by atoms with E-state index >= 15 is 0 Å². The number of nitrogens with zero attached hydrogens (tertiary/aromatic N) is 1. The summed E-state index contributed by atoms with van der Waals surface area (Å²) in [6.07, 6.45) is 0.385. The number of halogens is 1. The quantitative estimate of drug-likeness (QED) is 0.774. The smallest absolute Gasteiger partial charge is 0.324 e. The van der Waals surface area contributed by atoms with Crippen molar-refractivity contribution < 1.29 is 14.4 Å². The first kappa shape index (κ1) is 18.9. The molecule has 1 aliphatic rings. The maximum absolute atomic E-state index is 13.0. The Kier molecular flexibility index (Phi) is 5.19. The van der Waals surface area contributed by atoms with Gasteiger partial charge >= 0.3 is 6.03 Å². The first-order chi connectivity index (χ1) is 12.9. The van der Waals surface area contributed by atoms with Gasteiger partial charge in [0.2, 0.25) is 5.91 Å². The molecular formula is C20H20ClN3O3. The second-order valence-corrected chi connectivity index (χ2v) is 6.89. The average Bonchev–Trinajstić information content (AvgIpc) is 2.90. The molecule has 1 unspecified atom stereocenters. The van der Waals surface area contributed by atoms with Gasteiger partial charge in [0, 0.05) is 10.7 Å². The Bertz CT molecular complexity index is 901. The summed E-state index contributed by atoms with van der Waals surface area (Å²) in [5.41, 5.74) is 0.929. The highest BCUT2D eigenvalue weighted by molar-refractivity contribution is 6.30. The number of hydrogen-bond donors (Lipinski definition) is 2. The standard InChI is InChI=1S/C20H20ClN3O3/c1-3-20(14-7-5-4-6-8-14)18(26)24(19(27)23-20)12-17(25)22-16-10-9-15(21)11-13(16)2/h4-11H,3,12H2,1-2H3,(H,22,25)(H,23,27). The van der Waals surface area contributed by atoms with Crippen molar-refractivity contribution in [2.45, 2.75) is 25.8 Å². The summed E-state index contributed by atoms with van der Waals surface area (Å²) in [6.45, 7) is 3.28. The predicted octanol–water partition coefficient (Wildman–Crippen LogP) is 3.44. The first-order valence-electron chi connectivity index (χ1n) is 8.63. The molecule has 1 saturated heterocycles. The number of imide groups is 1. The van der Waals surface area contributed by atoms with Crippen LogP contribution in [0.4, 0.5) is 10.5 Å². The van der Waals surface area contributed by atoms with Gasteiger partial charge in [-0.1, -0.05) is 48.9 Å². The van der Waals surface area contributed by atoms with Crippen molar-refractivity contribution in [2.24, 2.45) is 0 Å². The molecule has 0 spiro atoms. The van der Waals surface area contributed by atoms with E-state index in [4.69, 9.17) is 11.6 Å². The summed E-state index contributed by atoms with van der Waals surface area (Å²) in [4.78, 5) is 38.8. The fraction of sp³-hybridized carbons (Fsp3) is 0.250. The molecule has 0 radical (unpaired) electrons. The highest BCUT2D eigenvalue weighted by Crippen LogP contribution is 2.32. The number of carbonyl (C=O) groups is 3. The largest absolute Gasteiger partial charge is 0.325 e. The second-order valence-electron chi connectivity index (χ2n) is 6.45. The number of amides is 4. The maximum Gasteiger partial charge on any atom is 0.325 e. The number of urea groups is 1. The molecule has 1 fully saturated rings. The van der Waals surface area contributed by atoms with Gasteiger partial charge in [-0.25, -0.2) is 4.79 Å². The van der Waals surface area contributed by atoms with Crippen LogP contribution in [0, 0.1) is 6.92 Å². The Morgan fingerprint density at radius 1 is 1.19 bits per heavy atom. The van der Waals surface area contributed by atoms with E-state index in [1.807, 2.05) is 32.0 Å². The highest BCUT2D eigenvalue weighted by atomic mass is 35.5. The summed E-state index contributed by atoms with van der Waals surface area (Å²) in [5, 5.41) is 6.05. The molecule has 0 aliphatic carbocycles. The molecule has 6 nitrogen and oxygen atoms in total. The molecule has 27 heavy (non-hydrogen) atoms. The minimum Gasteiger partial charge on any atom is -0.324 e. The van der Waals surface area contributed by atoms with Gasteiger partial charge in [-0.05, 0) is 42.7 Å². The van der Waals surface area contributed by atoms with Crippen LogP contribution in [0.1, 0.15) is 24.5 Å². The molecule has 2 N–H and O–H groups in total. The van der Waals surface area contributed by atoms with Crippen molar-refractivity contribution in [2.75, 3.05) is 11.9 Å². The number of carbonyl (C=O) groups excluding carboxylic acids is 3. The zero-order chi connectivity index (χ0) is 19.6. The summed E-state index contributed by atoms with van der Waals surface area (Å²) in [6, 6.07) is 13.5. The topological polar surface area (TPSA) is 78.5 Å². The third kappa shape index (κ3) is 3.53. The molecule has 3 rings (SSSR count). The van der Waals surface area contributed by atoms with Gasteiger partial charge in [-0.15, -0.1) is 0 Å². The van der Waals surface area contributed by atoms with Crippen LogP contribution in [0.25, 0.3) is 0 Å². The zero-order valence-corrected chi connectivity index (χ0v) is 15.8. The monoisotopic (exact) mass is 385 g/mol. The van der Waals surface area contributed by atoms with E-state index < -0.39 is 23.4 Å². The van der Waals surface area contributed by atoms with Crippen molar-refractivity contribution in [3.8, 4) is 0 Å². The van der Waals surface area contributed by atoms with E-state index in [9.17, 15) is 14.4 Å². The van der Waals surface area contributed by atoms with Gasteiger partial charge in [0.1, 0.15) is 12.1 Å².